The Morgan fingerprint density at radius 3 is 2.29 bits per heavy atom. The van der Waals surface area contributed by atoms with Crippen LogP contribution >= 0.6 is 0 Å². The molecule has 3 nitrogen and oxygen atoms in total. The van der Waals surface area contributed by atoms with E-state index in [0.29, 0.717) is 6.42 Å². The number of carbonyl (C=O) groups is 1. The summed E-state index contributed by atoms with van der Waals surface area (Å²) in [4.78, 5) is 10.0. The third-order valence-electron chi connectivity index (χ3n) is 1.43. The van der Waals surface area contributed by atoms with Gasteiger partial charge in [0.15, 0.2) is 0 Å². The van der Waals surface area contributed by atoms with Gasteiger partial charge in [-0.05, 0) is 12.8 Å². The summed E-state index contributed by atoms with van der Waals surface area (Å²) in [6.07, 6.45) is -4.74. The first-order chi connectivity index (χ1) is 6.42. The molecule has 84 valence electrons. The highest BCUT2D eigenvalue weighted by atomic mass is 19.4. The number of ether oxygens (including phenoxy) is 1. The van der Waals surface area contributed by atoms with Gasteiger partial charge in [-0.25, -0.2) is 0 Å². The number of halogens is 3. The molecule has 0 aromatic carbocycles. The maximum atomic E-state index is 11.6. The van der Waals surface area contributed by atoms with E-state index in [-0.39, 0.29) is 26.1 Å². The van der Waals surface area contributed by atoms with Gasteiger partial charge in [0.05, 0.1) is 0 Å². The van der Waals surface area contributed by atoms with Crippen molar-refractivity contribution in [3.8, 4) is 0 Å². The molecule has 0 saturated heterocycles. The molecule has 6 heteroatoms. The molecule has 0 atom stereocenters. The van der Waals surface area contributed by atoms with Crippen LogP contribution in [0.15, 0.2) is 0 Å². The molecule has 0 bridgehead atoms. The Bertz CT molecular complexity index is 168. The van der Waals surface area contributed by atoms with Gasteiger partial charge in [-0.1, -0.05) is 0 Å². The lowest BCUT2D eigenvalue weighted by Crippen LogP contribution is -2.09. The standard InChI is InChI=1S/C8H13F3O3/c9-8(10,11)4-2-6-14-5-1-3-7(12)13/h1-6H2,(H,12,13). The minimum absolute atomic E-state index is 0.0146. The average Bonchev–Trinajstić information content (AvgIpc) is 2.00. The molecule has 0 unspecified atom stereocenters. The second-order valence-electron chi connectivity index (χ2n) is 2.83. The summed E-state index contributed by atoms with van der Waals surface area (Å²) >= 11 is 0. The van der Waals surface area contributed by atoms with E-state index in [1.807, 2.05) is 0 Å². The van der Waals surface area contributed by atoms with Crippen molar-refractivity contribution in [3.63, 3.8) is 0 Å². The maximum Gasteiger partial charge on any atom is 0.389 e. The summed E-state index contributed by atoms with van der Waals surface area (Å²) < 4.78 is 39.6. The molecule has 0 radical (unpaired) electrons. The monoisotopic (exact) mass is 214 g/mol. The van der Waals surface area contributed by atoms with Crippen LogP contribution in [0.25, 0.3) is 0 Å². The van der Waals surface area contributed by atoms with E-state index in [0.717, 1.165) is 0 Å². The lowest BCUT2D eigenvalue weighted by Gasteiger charge is -2.06. The molecule has 0 rings (SSSR count). The zero-order chi connectivity index (χ0) is 11.0. The fraction of sp³-hybridized carbons (Fsp3) is 0.875. The van der Waals surface area contributed by atoms with Crippen molar-refractivity contribution >= 4 is 5.97 Å². The summed E-state index contributed by atoms with van der Waals surface area (Å²) in [7, 11) is 0. The van der Waals surface area contributed by atoms with Gasteiger partial charge in [-0.15, -0.1) is 0 Å². The largest absolute Gasteiger partial charge is 0.481 e. The van der Waals surface area contributed by atoms with Gasteiger partial charge in [-0.2, -0.15) is 13.2 Å². The van der Waals surface area contributed by atoms with Crippen LogP contribution in [0.5, 0.6) is 0 Å². The van der Waals surface area contributed by atoms with E-state index in [4.69, 9.17) is 9.84 Å². The second kappa shape index (κ2) is 6.64. The molecule has 0 saturated carbocycles. The van der Waals surface area contributed by atoms with Crippen LogP contribution in [0.3, 0.4) is 0 Å². The fourth-order valence-corrected chi connectivity index (χ4v) is 0.802. The Morgan fingerprint density at radius 1 is 1.21 bits per heavy atom. The van der Waals surface area contributed by atoms with Gasteiger partial charge in [-0.3, -0.25) is 4.79 Å². The zero-order valence-electron chi connectivity index (χ0n) is 7.64. The smallest absolute Gasteiger partial charge is 0.389 e. The Morgan fingerprint density at radius 2 is 1.79 bits per heavy atom. The molecule has 0 aromatic heterocycles. The van der Waals surface area contributed by atoms with E-state index < -0.39 is 18.6 Å². The van der Waals surface area contributed by atoms with E-state index >= 15 is 0 Å². The first-order valence-electron chi connectivity index (χ1n) is 4.28. The van der Waals surface area contributed by atoms with Crippen molar-refractivity contribution in [2.75, 3.05) is 13.2 Å². The van der Waals surface area contributed by atoms with E-state index in [1.165, 1.54) is 0 Å². The van der Waals surface area contributed by atoms with Crippen LogP contribution in [0.2, 0.25) is 0 Å². The third-order valence-corrected chi connectivity index (χ3v) is 1.43. The molecule has 0 heterocycles. The SMILES string of the molecule is O=C(O)CCCOCCCC(F)(F)F. The summed E-state index contributed by atoms with van der Waals surface area (Å²) in [6.45, 7) is 0.225. The van der Waals surface area contributed by atoms with Gasteiger partial charge >= 0.3 is 12.1 Å². The number of alkyl halides is 3. The number of carboxylic acid groups (broad SMARTS) is 1. The van der Waals surface area contributed by atoms with Crippen LogP contribution in [0.1, 0.15) is 25.7 Å². The molecule has 0 aliphatic heterocycles. The highest BCUT2D eigenvalue weighted by molar-refractivity contribution is 5.66. The van der Waals surface area contributed by atoms with Crippen molar-refractivity contribution < 1.29 is 27.8 Å². The molecule has 0 aliphatic carbocycles. The number of aliphatic carboxylic acids is 1. The van der Waals surface area contributed by atoms with Gasteiger partial charge < -0.3 is 9.84 Å². The second-order valence-corrected chi connectivity index (χ2v) is 2.83. The normalized spacial score (nSPS) is 11.6. The van der Waals surface area contributed by atoms with E-state index in [2.05, 4.69) is 0 Å². The van der Waals surface area contributed by atoms with Gasteiger partial charge in [0.2, 0.25) is 0 Å². The maximum absolute atomic E-state index is 11.6. The molecule has 0 amide bonds. The minimum atomic E-state index is -4.13. The van der Waals surface area contributed by atoms with Crippen LogP contribution in [-0.4, -0.2) is 30.5 Å². The Kier molecular flexibility index (Phi) is 6.27. The highest BCUT2D eigenvalue weighted by Crippen LogP contribution is 2.20. The molecular weight excluding hydrogens is 201 g/mol. The molecule has 0 aromatic rings. The first kappa shape index (κ1) is 13.2. The van der Waals surface area contributed by atoms with Gasteiger partial charge in [0.1, 0.15) is 0 Å². The molecule has 0 aliphatic rings. The zero-order valence-corrected chi connectivity index (χ0v) is 7.64. The van der Waals surface area contributed by atoms with E-state index in [1.54, 1.807) is 0 Å². The minimum Gasteiger partial charge on any atom is -0.481 e. The third kappa shape index (κ3) is 11.2. The number of carboxylic acids is 1. The summed E-state index contributed by atoms with van der Waals surface area (Å²) in [6, 6.07) is 0. The van der Waals surface area contributed by atoms with Crippen molar-refractivity contribution in [2.24, 2.45) is 0 Å². The Labute approximate surface area is 79.9 Å². The summed E-state index contributed by atoms with van der Waals surface area (Å²) in [5.41, 5.74) is 0. The lowest BCUT2D eigenvalue weighted by molar-refractivity contribution is -0.138. The van der Waals surface area contributed by atoms with Crippen molar-refractivity contribution in [3.05, 3.63) is 0 Å². The summed E-state index contributed by atoms with van der Waals surface area (Å²) in [5, 5.41) is 8.22. The van der Waals surface area contributed by atoms with Crippen molar-refractivity contribution in [2.45, 2.75) is 31.9 Å². The van der Waals surface area contributed by atoms with Gasteiger partial charge in [0.25, 0.3) is 0 Å². The molecule has 0 fully saturated rings. The van der Waals surface area contributed by atoms with Gasteiger partial charge in [0, 0.05) is 26.1 Å². The van der Waals surface area contributed by atoms with Crippen molar-refractivity contribution in [1.29, 1.82) is 0 Å². The van der Waals surface area contributed by atoms with Crippen LogP contribution < -0.4 is 0 Å². The number of hydrogen-bond acceptors (Lipinski definition) is 2. The summed E-state index contributed by atoms with van der Waals surface area (Å²) in [5.74, 6) is -0.927. The highest BCUT2D eigenvalue weighted by Gasteiger charge is 2.25. The van der Waals surface area contributed by atoms with Crippen LogP contribution in [0, 0.1) is 0 Å². The average molecular weight is 214 g/mol. The van der Waals surface area contributed by atoms with Crippen molar-refractivity contribution in [1.82, 2.24) is 0 Å². The Hall–Kier alpha value is -0.780. The Balaban J connectivity index is 3.11. The predicted octanol–water partition coefficient (Wildman–Crippen LogP) is 2.21. The topological polar surface area (TPSA) is 46.5 Å². The number of hydrogen-bond donors (Lipinski definition) is 1. The quantitative estimate of drug-likeness (QED) is 0.661. The molecule has 1 N–H and O–H groups in total. The van der Waals surface area contributed by atoms with Crippen LogP contribution in [0.4, 0.5) is 13.2 Å². The number of rotatable bonds is 7. The molecule has 0 spiro atoms. The first-order valence-corrected chi connectivity index (χ1v) is 4.28. The predicted molar refractivity (Wildman–Crippen MR) is 43.0 cm³/mol. The molecular formula is C8H13F3O3. The van der Waals surface area contributed by atoms with Crippen LogP contribution in [-0.2, 0) is 9.53 Å². The lowest BCUT2D eigenvalue weighted by atomic mass is 10.3. The molecule has 14 heavy (non-hydrogen) atoms. The fourth-order valence-electron chi connectivity index (χ4n) is 0.802. The van der Waals surface area contributed by atoms with E-state index in [9.17, 15) is 18.0 Å².